The number of allylic oxidation sites excluding steroid dienone is 3. The fourth-order valence-corrected chi connectivity index (χ4v) is 7.41. The van der Waals surface area contributed by atoms with Gasteiger partial charge in [-0.25, -0.2) is 4.90 Å². The highest BCUT2D eigenvalue weighted by Gasteiger charge is 2.69. The Balaban J connectivity index is 1.37. The van der Waals surface area contributed by atoms with Gasteiger partial charge in [-0.05, 0) is 48.8 Å². The number of para-hydroxylation sites is 1. The highest BCUT2D eigenvalue weighted by atomic mass is 16.2. The average molecular weight is 393 g/mol. The van der Waals surface area contributed by atoms with Crippen LogP contribution in [0, 0.1) is 35.5 Å². The van der Waals surface area contributed by atoms with Crippen LogP contribution in [-0.4, -0.2) is 11.8 Å². The smallest absolute Gasteiger partial charge is 0.238 e. The van der Waals surface area contributed by atoms with Crippen molar-refractivity contribution in [1.29, 1.82) is 0 Å². The third-order valence-corrected chi connectivity index (χ3v) is 8.30. The summed E-state index contributed by atoms with van der Waals surface area (Å²) in [7, 11) is 0. The van der Waals surface area contributed by atoms with Crippen LogP contribution in [0.4, 0.5) is 5.69 Å². The Kier molecular flexibility index (Phi) is 3.26. The quantitative estimate of drug-likeness (QED) is 0.415. The first-order valence-corrected chi connectivity index (χ1v) is 11.2. The summed E-state index contributed by atoms with van der Waals surface area (Å²) in [6.07, 6.45) is 6.06. The number of amides is 2. The summed E-state index contributed by atoms with van der Waals surface area (Å²) in [6, 6.07) is 19.9. The Morgan fingerprint density at radius 3 is 1.83 bits per heavy atom. The zero-order valence-electron chi connectivity index (χ0n) is 16.7. The molecule has 30 heavy (non-hydrogen) atoms. The first-order chi connectivity index (χ1) is 14.7. The van der Waals surface area contributed by atoms with E-state index >= 15 is 0 Å². The van der Waals surface area contributed by atoms with Crippen LogP contribution in [0.15, 0.2) is 77.4 Å². The molecule has 0 aromatic heterocycles. The molecule has 4 bridgehead atoms. The van der Waals surface area contributed by atoms with E-state index in [0.29, 0.717) is 11.8 Å². The van der Waals surface area contributed by atoms with Gasteiger partial charge in [-0.15, -0.1) is 0 Å². The second kappa shape index (κ2) is 5.81. The largest absolute Gasteiger partial charge is 0.274 e. The second-order valence-electron chi connectivity index (χ2n) is 9.53. The van der Waals surface area contributed by atoms with E-state index in [1.807, 2.05) is 36.4 Å². The zero-order valence-corrected chi connectivity index (χ0v) is 16.7. The number of rotatable bonds is 2. The molecule has 5 aliphatic rings. The molecular weight excluding hydrogens is 370 g/mol. The average Bonchev–Trinajstić information content (AvgIpc) is 3.56. The highest BCUT2D eigenvalue weighted by Crippen LogP contribution is 2.70. The third kappa shape index (κ3) is 1.96. The van der Waals surface area contributed by atoms with Crippen molar-refractivity contribution in [3.05, 3.63) is 82.9 Å². The van der Waals surface area contributed by atoms with Gasteiger partial charge in [0.15, 0.2) is 0 Å². The van der Waals surface area contributed by atoms with Gasteiger partial charge in [-0.2, -0.15) is 0 Å². The molecule has 3 heteroatoms. The van der Waals surface area contributed by atoms with Crippen LogP contribution in [0.3, 0.4) is 0 Å². The SMILES string of the molecule is O=C1C2C3C(=Cc4ccccc4)C(C4=C3C3CCC4C3)C2C(=O)N1c1ccccc1. The molecule has 0 radical (unpaired) electrons. The van der Waals surface area contributed by atoms with Crippen molar-refractivity contribution in [1.82, 2.24) is 0 Å². The summed E-state index contributed by atoms with van der Waals surface area (Å²) in [5.74, 6) is 1.13. The van der Waals surface area contributed by atoms with E-state index in [1.54, 1.807) is 11.1 Å². The Bertz CT molecular complexity index is 1100. The molecule has 1 saturated heterocycles. The van der Waals surface area contributed by atoms with Gasteiger partial charge in [0, 0.05) is 11.8 Å². The van der Waals surface area contributed by atoms with Gasteiger partial charge in [0.25, 0.3) is 0 Å². The molecule has 3 nitrogen and oxygen atoms in total. The van der Waals surface area contributed by atoms with Crippen molar-refractivity contribution < 1.29 is 9.59 Å². The molecule has 2 amide bonds. The predicted molar refractivity (Wildman–Crippen MR) is 115 cm³/mol. The van der Waals surface area contributed by atoms with Crippen molar-refractivity contribution in [2.45, 2.75) is 19.3 Å². The van der Waals surface area contributed by atoms with Crippen molar-refractivity contribution >= 4 is 23.6 Å². The maximum Gasteiger partial charge on any atom is 0.238 e. The molecule has 0 spiro atoms. The fraction of sp³-hybridized carbons (Fsp3) is 0.333. The van der Waals surface area contributed by atoms with Crippen LogP contribution >= 0.6 is 0 Å². The summed E-state index contributed by atoms with van der Waals surface area (Å²) in [6.45, 7) is 0. The first-order valence-electron chi connectivity index (χ1n) is 11.2. The summed E-state index contributed by atoms with van der Waals surface area (Å²) >= 11 is 0. The lowest BCUT2D eigenvalue weighted by Crippen LogP contribution is -2.33. The standard InChI is InChI=1S/C27H23NO2/c29-26-24-22-19(13-15-7-3-1-4-8-15)23(21-17-12-11-16(14-17)20(21)22)25(24)27(30)28(26)18-9-5-2-6-10-18/h1-10,13,16-17,22-25H,11-12,14H2. The predicted octanol–water partition coefficient (Wildman–Crippen LogP) is 4.86. The normalized spacial score (nSPS) is 35.5. The van der Waals surface area contributed by atoms with Crippen molar-refractivity contribution in [2.75, 3.05) is 4.90 Å². The van der Waals surface area contributed by atoms with Gasteiger partial charge in [0.1, 0.15) is 0 Å². The summed E-state index contributed by atoms with van der Waals surface area (Å²) < 4.78 is 0. The fourth-order valence-electron chi connectivity index (χ4n) is 7.41. The van der Waals surface area contributed by atoms with Crippen molar-refractivity contribution in [3.63, 3.8) is 0 Å². The Morgan fingerprint density at radius 2 is 1.27 bits per heavy atom. The number of anilines is 1. The number of hydrogen-bond acceptors (Lipinski definition) is 2. The van der Waals surface area contributed by atoms with Gasteiger partial charge in [0.2, 0.25) is 11.8 Å². The monoisotopic (exact) mass is 393 g/mol. The van der Waals surface area contributed by atoms with Crippen LogP contribution in [0.25, 0.3) is 6.08 Å². The Hall–Kier alpha value is -2.94. The molecule has 1 aliphatic heterocycles. The number of carbonyl (C=O) groups excluding carboxylic acids is 2. The molecular formula is C27H23NO2. The highest BCUT2D eigenvalue weighted by molar-refractivity contribution is 6.23. The molecule has 4 aliphatic carbocycles. The zero-order chi connectivity index (χ0) is 20.0. The minimum atomic E-state index is -0.212. The lowest BCUT2D eigenvalue weighted by molar-refractivity contribution is -0.123. The van der Waals surface area contributed by atoms with Gasteiger partial charge >= 0.3 is 0 Å². The molecule has 2 aromatic rings. The van der Waals surface area contributed by atoms with E-state index in [4.69, 9.17) is 0 Å². The van der Waals surface area contributed by atoms with Crippen LogP contribution < -0.4 is 4.90 Å². The van der Waals surface area contributed by atoms with Crippen molar-refractivity contribution in [2.24, 2.45) is 35.5 Å². The van der Waals surface area contributed by atoms with Crippen molar-refractivity contribution in [3.8, 4) is 0 Å². The molecule has 6 atom stereocenters. The number of nitrogens with zero attached hydrogens (tertiary/aromatic N) is 1. The maximum atomic E-state index is 13.6. The lowest BCUT2D eigenvalue weighted by Gasteiger charge is -2.28. The molecule has 3 fully saturated rings. The van der Waals surface area contributed by atoms with Crippen LogP contribution in [0.1, 0.15) is 24.8 Å². The van der Waals surface area contributed by atoms with Gasteiger partial charge in [-0.1, -0.05) is 71.3 Å². The molecule has 2 saturated carbocycles. The van der Waals surface area contributed by atoms with E-state index in [2.05, 4.69) is 30.3 Å². The molecule has 148 valence electrons. The van der Waals surface area contributed by atoms with Gasteiger partial charge < -0.3 is 0 Å². The van der Waals surface area contributed by atoms with Crippen LogP contribution in [-0.2, 0) is 9.59 Å². The lowest BCUT2D eigenvalue weighted by atomic mass is 9.72. The van der Waals surface area contributed by atoms with Gasteiger partial charge in [0.05, 0.1) is 17.5 Å². The van der Waals surface area contributed by atoms with E-state index < -0.39 is 0 Å². The Labute approximate surface area is 176 Å². The van der Waals surface area contributed by atoms with E-state index in [1.165, 1.54) is 35.3 Å². The number of fused-ring (bicyclic) bond motifs is 11. The minimum absolute atomic E-state index is 0.0111. The molecule has 1 heterocycles. The maximum absolute atomic E-state index is 13.6. The molecule has 6 unspecified atom stereocenters. The topological polar surface area (TPSA) is 37.4 Å². The summed E-state index contributed by atoms with van der Waals surface area (Å²) in [4.78, 5) is 28.8. The van der Waals surface area contributed by atoms with Gasteiger partial charge in [-0.3, -0.25) is 9.59 Å². The summed E-state index contributed by atoms with van der Waals surface area (Å²) in [5, 5.41) is 0. The van der Waals surface area contributed by atoms with Crippen LogP contribution in [0.2, 0.25) is 0 Å². The summed E-state index contributed by atoms with van der Waals surface area (Å²) in [5.41, 5.74) is 6.34. The van der Waals surface area contributed by atoms with E-state index in [-0.39, 0.29) is 35.5 Å². The second-order valence-corrected chi connectivity index (χ2v) is 9.53. The third-order valence-electron chi connectivity index (χ3n) is 8.30. The van der Waals surface area contributed by atoms with E-state index in [9.17, 15) is 9.59 Å². The first kappa shape index (κ1) is 16.8. The number of hydrogen-bond donors (Lipinski definition) is 0. The van der Waals surface area contributed by atoms with Crippen LogP contribution in [0.5, 0.6) is 0 Å². The number of imide groups is 1. The Morgan fingerprint density at radius 1 is 0.733 bits per heavy atom. The van der Waals surface area contributed by atoms with E-state index in [0.717, 1.165) is 5.69 Å². The number of carbonyl (C=O) groups is 2. The molecule has 7 rings (SSSR count). The number of benzene rings is 2. The molecule has 0 N–H and O–H groups in total. The molecule has 2 aromatic carbocycles. The minimum Gasteiger partial charge on any atom is -0.274 e.